The third kappa shape index (κ3) is 6.14. The Labute approximate surface area is 223 Å². The largest absolute Gasteiger partial charge is 0.481 e. The van der Waals surface area contributed by atoms with Crippen molar-refractivity contribution >= 4 is 19.5 Å². The summed E-state index contributed by atoms with van der Waals surface area (Å²) in [6, 6.07) is 0. The normalized spacial score (nSPS) is 39.1. The molecule has 7 nitrogen and oxygen atoms in total. The molecule has 0 saturated heterocycles. The van der Waals surface area contributed by atoms with Crippen molar-refractivity contribution in [3.05, 3.63) is 0 Å². The Bertz CT molecular complexity index is 890. The highest BCUT2D eigenvalue weighted by molar-refractivity contribution is 7.51. The Morgan fingerprint density at radius 2 is 1.68 bits per heavy atom. The van der Waals surface area contributed by atoms with E-state index in [2.05, 4.69) is 26.1 Å². The van der Waals surface area contributed by atoms with Crippen LogP contribution in [-0.4, -0.2) is 39.5 Å². The van der Waals surface area contributed by atoms with Crippen molar-refractivity contribution in [1.29, 1.82) is 0 Å². The molecule has 9 atom stereocenters. The molecule has 212 valence electrons. The molecule has 4 aliphatic rings. The van der Waals surface area contributed by atoms with Crippen LogP contribution in [0.15, 0.2) is 0 Å². The number of hydrogen-bond donors (Lipinski definition) is 4. The van der Waals surface area contributed by atoms with E-state index in [1.54, 1.807) is 0 Å². The summed E-state index contributed by atoms with van der Waals surface area (Å²) in [7, 11) is -4.43. The Balaban J connectivity index is 1.27. The van der Waals surface area contributed by atoms with E-state index in [1.807, 2.05) is 0 Å². The number of rotatable bonds is 10. The predicted molar refractivity (Wildman–Crippen MR) is 144 cm³/mol. The summed E-state index contributed by atoms with van der Waals surface area (Å²) in [5.41, 5.74) is 0.973. The third-order valence-corrected chi connectivity index (χ3v) is 12.7. The molecular weight excluding hydrogens is 489 g/mol. The fourth-order valence-corrected chi connectivity index (χ4v) is 10.8. The van der Waals surface area contributed by atoms with E-state index < -0.39 is 25.6 Å². The molecule has 37 heavy (non-hydrogen) atoms. The first-order valence-electron chi connectivity index (χ1n) is 14.9. The van der Waals surface area contributed by atoms with E-state index in [0.29, 0.717) is 29.2 Å². The molecule has 0 bridgehead atoms. The Kier molecular flexibility index (Phi) is 8.88. The van der Waals surface area contributed by atoms with Crippen LogP contribution in [0.4, 0.5) is 0 Å². The summed E-state index contributed by atoms with van der Waals surface area (Å²) in [4.78, 5) is 41.8. The van der Waals surface area contributed by atoms with Crippen molar-refractivity contribution in [2.45, 2.75) is 104 Å². The topological polar surface area (TPSA) is 124 Å². The molecule has 4 saturated carbocycles. The van der Waals surface area contributed by atoms with Gasteiger partial charge in [-0.05, 0) is 111 Å². The summed E-state index contributed by atoms with van der Waals surface area (Å²) in [6.07, 6.45) is 14.1. The van der Waals surface area contributed by atoms with E-state index in [4.69, 9.17) is 9.79 Å². The van der Waals surface area contributed by atoms with E-state index in [0.717, 1.165) is 30.1 Å². The lowest BCUT2D eigenvalue weighted by atomic mass is 9.44. The van der Waals surface area contributed by atoms with Crippen molar-refractivity contribution in [2.24, 2.45) is 52.3 Å². The maximum absolute atomic E-state index is 12.3. The zero-order chi connectivity index (χ0) is 27.0. The second-order valence-corrected chi connectivity index (χ2v) is 15.4. The lowest BCUT2D eigenvalue weighted by Crippen LogP contribution is -2.53. The van der Waals surface area contributed by atoms with Crippen LogP contribution in [0, 0.1) is 52.3 Å². The van der Waals surface area contributed by atoms with Gasteiger partial charge >= 0.3 is 13.6 Å². The fraction of sp³-hybridized carbons (Fsp3) is 0.931. The molecule has 4 rings (SSSR count). The van der Waals surface area contributed by atoms with Crippen molar-refractivity contribution in [1.82, 2.24) is 5.32 Å². The Morgan fingerprint density at radius 1 is 0.946 bits per heavy atom. The van der Waals surface area contributed by atoms with Crippen molar-refractivity contribution in [2.75, 3.05) is 12.7 Å². The quantitative estimate of drug-likeness (QED) is 0.259. The molecule has 8 heteroatoms. The van der Waals surface area contributed by atoms with Crippen molar-refractivity contribution in [3.8, 4) is 0 Å². The number of carboxylic acids is 1. The van der Waals surface area contributed by atoms with Gasteiger partial charge in [0.15, 0.2) is 0 Å². The molecular formula is C29H50NO6P. The summed E-state index contributed by atoms with van der Waals surface area (Å²) < 4.78 is 11.2. The number of amides is 1. The van der Waals surface area contributed by atoms with Gasteiger partial charge in [-0.2, -0.15) is 0 Å². The number of aliphatic carboxylic acids is 1. The fourth-order valence-electron chi connectivity index (χ4n) is 9.88. The van der Waals surface area contributed by atoms with E-state index in [1.165, 1.54) is 64.2 Å². The summed E-state index contributed by atoms with van der Waals surface area (Å²) in [6.45, 7) is 8.12. The number of carbonyl (C=O) groups is 2. The number of fused-ring (bicyclic) bond motifs is 5. The van der Waals surface area contributed by atoms with Crippen LogP contribution in [0.1, 0.15) is 104 Å². The second-order valence-electron chi connectivity index (χ2n) is 13.7. The van der Waals surface area contributed by atoms with Gasteiger partial charge in [0.2, 0.25) is 5.91 Å². The van der Waals surface area contributed by atoms with Crippen LogP contribution in [0.5, 0.6) is 0 Å². The number of carbonyl (C=O) groups excluding carboxylic acids is 1. The third-order valence-electron chi connectivity index (χ3n) is 11.8. The molecule has 4 aliphatic carbocycles. The minimum absolute atomic E-state index is 0.0304. The molecule has 0 radical (unpaired) electrons. The molecule has 4 N–H and O–H groups in total. The average Bonchev–Trinajstić information content (AvgIpc) is 3.17. The minimum Gasteiger partial charge on any atom is -0.481 e. The minimum atomic E-state index is -4.43. The van der Waals surface area contributed by atoms with Crippen LogP contribution in [0.3, 0.4) is 0 Å². The molecule has 0 spiro atoms. The van der Waals surface area contributed by atoms with E-state index in [-0.39, 0.29) is 18.7 Å². The van der Waals surface area contributed by atoms with Gasteiger partial charge in [-0.25, -0.2) is 0 Å². The van der Waals surface area contributed by atoms with Gasteiger partial charge in [-0.1, -0.05) is 33.6 Å². The molecule has 8 unspecified atom stereocenters. The highest BCUT2D eigenvalue weighted by atomic mass is 31.2. The molecule has 0 aromatic heterocycles. The lowest BCUT2D eigenvalue weighted by Gasteiger charge is -2.61. The highest BCUT2D eigenvalue weighted by Gasteiger charge is 2.60. The zero-order valence-corrected chi connectivity index (χ0v) is 24.1. The van der Waals surface area contributed by atoms with Crippen LogP contribution in [0.2, 0.25) is 0 Å². The standard InChI is InChI=1S/C29H50NO6P/c1-19(14-17-30-26(31)12-7-20(27(32)33)18-37(34,35)36)23-10-11-24-22-9-8-21-6-4-5-15-28(21,2)25(22)13-16-29(23,24)3/h19-25H,4-18H2,1-3H3,(H,30,31)(H,32,33)(H2,34,35,36)/t19-,20?,21?,22?,23?,24?,25?,28?,29?/m1/s1. The molecule has 0 aromatic rings. The first kappa shape index (κ1) is 29.1. The van der Waals surface area contributed by atoms with Crippen molar-refractivity contribution in [3.63, 3.8) is 0 Å². The maximum atomic E-state index is 12.3. The van der Waals surface area contributed by atoms with Crippen LogP contribution >= 0.6 is 7.60 Å². The SMILES string of the molecule is C[C@H](CCNC(=O)CCC(CP(=O)(O)O)C(=O)O)C1CCC2C3CCC4CCCCC4(C)C3CCC21C. The second kappa shape index (κ2) is 11.3. The molecule has 0 heterocycles. The van der Waals surface area contributed by atoms with Gasteiger partial charge in [0, 0.05) is 13.0 Å². The number of carboxylic acid groups (broad SMARTS) is 1. The van der Waals surface area contributed by atoms with Gasteiger partial charge in [0.1, 0.15) is 0 Å². The number of nitrogens with one attached hydrogen (secondary N) is 1. The summed E-state index contributed by atoms with van der Waals surface area (Å²) in [5, 5.41) is 12.1. The van der Waals surface area contributed by atoms with E-state index in [9.17, 15) is 19.3 Å². The summed E-state index contributed by atoms with van der Waals surface area (Å²) >= 11 is 0. The highest BCUT2D eigenvalue weighted by Crippen LogP contribution is 2.68. The van der Waals surface area contributed by atoms with Gasteiger partial charge in [-0.3, -0.25) is 14.2 Å². The summed E-state index contributed by atoms with van der Waals surface area (Å²) in [5.74, 6) is 2.10. The van der Waals surface area contributed by atoms with Crippen LogP contribution < -0.4 is 5.32 Å². The number of hydrogen-bond acceptors (Lipinski definition) is 3. The maximum Gasteiger partial charge on any atom is 0.326 e. The average molecular weight is 540 g/mol. The van der Waals surface area contributed by atoms with E-state index >= 15 is 0 Å². The van der Waals surface area contributed by atoms with Gasteiger partial charge in [0.05, 0.1) is 12.1 Å². The predicted octanol–water partition coefficient (Wildman–Crippen LogP) is 5.84. The first-order valence-corrected chi connectivity index (χ1v) is 16.7. The lowest BCUT2D eigenvalue weighted by molar-refractivity contribution is -0.141. The Hall–Kier alpha value is -0.910. The molecule has 0 aromatic carbocycles. The van der Waals surface area contributed by atoms with Gasteiger partial charge < -0.3 is 20.2 Å². The van der Waals surface area contributed by atoms with Crippen LogP contribution in [-0.2, 0) is 14.2 Å². The smallest absolute Gasteiger partial charge is 0.326 e. The Morgan fingerprint density at radius 3 is 2.38 bits per heavy atom. The monoisotopic (exact) mass is 539 g/mol. The molecule has 1 amide bonds. The first-order chi connectivity index (χ1) is 17.3. The van der Waals surface area contributed by atoms with Crippen molar-refractivity contribution < 1.29 is 29.0 Å². The van der Waals surface area contributed by atoms with Gasteiger partial charge in [0.25, 0.3) is 0 Å². The zero-order valence-electron chi connectivity index (χ0n) is 23.2. The van der Waals surface area contributed by atoms with Crippen LogP contribution in [0.25, 0.3) is 0 Å². The molecule has 4 fully saturated rings. The molecule has 0 aliphatic heterocycles. The van der Waals surface area contributed by atoms with Gasteiger partial charge in [-0.15, -0.1) is 0 Å².